The first-order valence-electron chi connectivity index (χ1n) is 6.67. The summed E-state index contributed by atoms with van der Waals surface area (Å²) in [5.41, 5.74) is 9.47. The van der Waals surface area contributed by atoms with E-state index in [-0.39, 0.29) is 43.5 Å². The number of phenols is 1. The van der Waals surface area contributed by atoms with Crippen LogP contribution in [0.25, 0.3) is 11.3 Å². The van der Waals surface area contributed by atoms with E-state index in [9.17, 15) is 5.11 Å². The van der Waals surface area contributed by atoms with Crippen LogP contribution in [0.1, 0.15) is 11.3 Å². The molecule has 0 aliphatic heterocycles. The summed E-state index contributed by atoms with van der Waals surface area (Å²) in [5.74, 6) is 0.674. The van der Waals surface area contributed by atoms with Crippen molar-refractivity contribution in [2.45, 2.75) is 6.42 Å². The molecule has 3 aromatic rings. The van der Waals surface area contributed by atoms with Gasteiger partial charge in [0.15, 0.2) is 0 Å². The van der Waals surface area contributed by atoms with Crippen molar-refractivity contribution in [3.63, 3.8) is 0 Å². The summed E-state index contributed by atoms with van der Waals surface area (Å²) < 4.78 is 0. The number of nitrogens with two attached hydrogens (primary N) is 1. The zero-order chi connectivity index (χ0) is 14.7. The fourth-order valence-corrected chi connectivity index (χ4v) is 2.13. The third-order valence-corrected chi connectivity index (χ3v) is 3.25. The van der Waals surface area contributed by atoms with Crippen LogP contribution in [0.5, 0.6) is 5.75 Å². The van der Waals surface area contributed by atoms with Crippen LogP contribution in [0.2, 0.25) is 0 Å². The van der Waals surface area contributed by atoms with E-state index >= 15 is 0 Å². The number of benzene rings is 2. The standard InChI is InChI=1S/C17H15N3O.Ar/c18-17-15(10-12-4-2-1-3-5-12)20-16(11-19-17)13-6-8-14(21)9-7-13;/h1-9,11,21H,10H2,(H2,18,19);. The molecule has 0 spiro atoms. The first kappa shape index (κ1) is 16.7. The molecule has 0 saturated carbocycles. The Hall–Kier alpha value is -1.62. The number of aromatic hydroxyl groups is 1. The monoisotopic (exact) mass is 317 g/mol. The Balaban J connectivity index is 0.00000176. The van der Waals surface area contributed by atoms with Crippen LogP contribution in [0.3, 0.4) is 0 Å². The Bertz CT molecular complexity index is 746. The molecule has 0 radical (unpaired) electrons. The van der Waals surface area contributed by atoms with Crippen molar-refractivity contribution in [3.05, 3.63) is 72.1 Å². The summed E-state index contributed by atoms with van der Waals surface area (Å²) in [6.07, 6.45) is 2.29. The normalized spacial score (nSPS) is 10.0. The molecule has 3 N–H and O–H groups in total. The molecule has 0 saturated heterocycles. The predicted molar refractivity (Wildman–Crippen MR) is 82.8 cm³/mol. The molecule has 0 aliphatic carbocycles. The Kier molecular flexibility index (Phi) is 5.77. The molecule has 1 aromatic heterocycles. The molecule has 0 amide bonds. The number of nitrogens with zero attached hydrogens (tertiary/aromatic N) is 2. The summed E-state index contributed by atoms with van der Waals surface area (Å²) in [6.45, 7) is 0. The van der Waals surface area contributed by atoms with E-state index in [1.54, 1.807) is 18.3 Å². The molecule has 1 heterocycles. The van der Waals surface area contributed by atoms with Crippen LogP contribution < -0.4 is 5.73 Å². The van der Waals surface area contributed by atoms with Gasteiger partial charge in [-0.25, -0.2) is 9.97 Å². The van der Waals surface area contributed by atoms with Gasteiger partial charge in [0.1, 0.15) is 11.6 Å². The third-order valence-electron chi connectivity index (χ3n) is 3.25. The molecule has 0 bridgehead atoms. The Labute approximate surface area is 159 Å². The maximum Gasteiger partial charge on any atom is 0.145 e. The van der Waals surface area contributed by atoms with Crippen molar-refractivity contribution in [1.29, 1.82) is 0 Å². The average molecular weight is 317 g/mol. The van der Waals surface area contributed by atoms with Crippen molar-refractivity contribution in [1.82, 2.24) is 9.97 Å². The van der Waals surface area contributed by atoms with Crippen molar-refractivity contribution in [2.75, 3.05) is 5.73 Å². The van der Waals surface area contributed by atoms with Crippen LogP contribution >= 0.6 is 0 Å². The maximum atomic E-state index is 9.34. The number of hydrogen-bond donors (Lipinski definition) is 2. The van der Waals surface area contributed by atoms with E-state index in [0.29, 0.717) is 12.2 Å². The molecule has 0 fully saturated rings. The van der Waals surface area contributed by atoms with Crippen LogP contribution in [-0.2, 0) is 6.42 Å². The first-order valence-corrected chi connectivity index (χ1v) is 6.67. The number of phenolic OH excluding ortho intramolecular Hbond substituents is 1. The van der Waals surface area contributed by atoms with E-state index in [2.05, 4.69) is 9.97 Å². The van der Waals surface area contributed by atoms with Gasteiger partial charge in [-0.05, 0) is 29.8 Å². The molecule has 112 valence electrons. The molecule has 22 heavy (non-hydrogen) atoms. The zero-order valence-electron chi connectivity index (χ0n) is 11.8. The van der Waals surface area contributed by atoms with Gasteiger partial charge in [-0.1, -0.05) is 30.3 Å². The second-order valence-corrected chi connectivity index (χ2v) is 4.80. The van der Waals surface area contributed by atoms with Gasteiger partial charge in [-0.15, -0.1) is 0 Å². The fraction of sp³-hybridized carbons (Fsp3) is 0.0588. The zero-order valence-corrected chi connectivity index (χ0v) is 12.5. The van der Waals surface area contributed by atoms with E-state index in [1.807, 2.05) is 42.5 Å². The Morgan fingerprint density at radius 2 is 1.64 bits per heavy atom. The third kappa shape index (κ3) is 3.97. The number of hydrogen-bond acceptors (Lipinski definition) is 4. The molecule has 2 aromatic carbocycles. The maximum absolute atomic E-state index is 9.34. The van der Waals surface area contributed by atoms with Gasteiger partial charge in [0.25, 0.3) is 0 Å². The van der Waals surface area contributed by atoms with Gasteiger partial charge in [0.05, 0.1) is 17.6 Å². The van der Waals surface area contributed by atoms with Gasteiger partial charge >= 0.3 is 0 Å². The number of anilines is 1. The molecule has 0 atom stereocenters. The van der Waals surface area contributed by atoms with Crippen LogP contribution in [0, 0.1) is 37.7 Å². The largest absolute Gasteiger partial charge is 0.508 e. The minimum atomic E-state index is 0. The predicted octanol–water partition coefficient (Wildman–Crippen LogP) is 3.02. The average Bonchev–Trinajstić information content (AvgIpc) is 2.51. The topological polar surface area (TPSA) is 72.0 Å². The van der Waals surface area contributed by atoms with Crippen molar-refractivity contribution >= 4 is 5.82 Å². The minimum Gasteiger partial charge on any atom is -0.508 e. The fourth-order valence-electron chi connectivity index (χ4n) is 2.13. The Morgan fingerprint density at radius 3 is 2.32 bits per heavy atom. The Morgan fingerprint density at radius 1 is 0.955 bits per heavy atom. The smallest absolute Gasteiger partial charge is 0.145 e. The van der Waals surface area contributed by atoms with E-state index < -0.39 is 0 Å². The summed E-state index contributed by atoms with van der Waals surface area (Å²) in [4.78, 5) is 8.83. The summed E-state index contributed by atoms with van der Waals surface area (Å²) in [5, 5.41) is 9.34. The van der Waals surface area contributed by atoms with Gasteiger partial charge in [-0.2, -0.15) is 0 Å². The molecule has 0 unspecified atom stereocenters. The first-order chi connectivity index (χ1) is 10.2. The summed E-state index contributed by atoms with van der Waals surface area (Å²) in [7, 11) is 0. The van der Waals surface area contributed by atoms with Crippen molar-refractivity contribution in [3.8, 4) is 17.0 Å². The second-order valence-electron chi connectivity index (χ2n) is 4.80. The van der Waals surface area contributed by atoms with Gasteiger partial charge in [0, 0.05) is 49.7 Å². The van der Waals surface area contributed by atoms with Crippen LogP contribution in [0.4, 0.5) is 5.82 Å². The minimum absolute atomic E-state index is 0. The molecule has 0 aliphatic rings. The van der Waals surface area contributed by atoms with Crippen molar-refractivity contribution in [2.24, 2.45) is 0 Å². The SMILES string of the molecule is Nc1ncc(-c2ccc(O)cc2)nc1Cc1ccccc1.[Ar]. The number of rotatable bonds is 3. The number of nitrogen functional groups attached to an aromatic ring is 1. The van der Waals surface area contributed by atoms with Gasteiger partial charge in [0.2, 0.25) is 0 Å². The summed E-state index contributed by atoms with van der Waals surface area (Å²) in [6, 6.07) is 16.9. The van der Waals surface area contributed by atoms with E-state index in [4.69, 9.17) is 5.73 Å². The van der Waals surface area contributed by atoms with E-state index in [0.717, 1.165) is 22.5 Å². The number of aromatic nitrogens is 2. The molecular formula is C17H15ArN3O. The molecule has 4 nitrogen and oxygen atoms in total. The van der Waals surface area contributed by atoms with E-state index in [1.165, 1.54) is 0 Å². The second kappa shape index (κ2) is 7.58. The van der Waals surface area contributed by atoms with Gasteiger partial charge in [-0.3, -0.25) is 0 Å². The van der Waals surface area contributed by atoms with Gasteiger partial charge < -0.3 is 10.8 Å². The molecule has 5 heteroatoms. The van der Waals surface area contributed by atoms with Crippen molar-refractivity contribution < 1.29 is 42.8 Å². The molecular weight excluding hydrogens is 302 g/mol. The van der Waals surface area contributed by atoms with Crippen LogP contribution in [0.15, 0.2) is 60.8 Å². The van der Waals surface area contributed by atoms with Crippen LogP contribution in [-0.4, -0.2) is 15.1 Å². The quantitative estimate of drug-likeness (QED) is 0.779. The molecule has 3 rings (SSSR count). The summed E-state index contributed by atoms with van der Waals surface area (Å²) >= 11 is 0.